The number of aryl methyl sites for hydroxylation is 1. The molecule has 0 N–H and O–H groups in total. The maximum absolute atomic E-state index is 5.51. The maximum atomic E-state index is 5.51. The molecule has 2 heterocycles. The van der Waals surface area contributed by atoms with Crippen molar-refractivity contribution >= 4 is 10.9 Å². The van der Waals surface area contributed by atoms with Crippen molar-refractivity contribution in [2.24, 2.45) is 0 Å². The van der Waals surface area contributed by atoms with E-state index in [4.69, 9.17) is 9.26 Å². The molecule has 0 aliphatic heterocycles. The summed E-state index contributed by atoms with van der Waals surface area (Å²) >= 11 is 0. The third-order valence-corrected chi connectivity index (χ3v) is 3.06. The van der Waals surface area contributed by atoms with Gasteiger partial charge in [-0.1, -0.05) is 5.16 Å². The first-order valence-corrected chi connectivity index (χ1v) is 6.40. The molecule has 4 heteroatoms. The maximum Gasteiger partial charge on any atom is 0.156 e. The highest BCUT2D eigenvalue weighted by Gasteiger charge is 2.06. The van der Waals surface area contributed by atoms with Crippen LogP contribution in [0.5, 0.6) is 5.75 Å². The highest BCUT2D eigenvalue weighted by atomic mass is 16.5. The van der Waals surface area contributed by atoms with Gasteiger partial charge in [-0.3, -0.25) is 0 Å². The summed E-state index contributed by atoms with van der Waals surface area (Å²) in [7, 11) is 0. The van der Waals surface area contributed by atoms with Crippen LogP contribution >= 0.6 is 0 Å². The Morgan fingerprint density at radius 2 is 2.16 bits per heavy atom. The Morgan fingerprint density at radius 3 is 2.89 bits per heavy atom. The summed E-state index contributed by atoms with van der Waals surface area (Å²) in [6, 6.07) is 10.2. The van der Waals surface area contributed by atoms with E-state index in [2.05, 4.69) is 34.1 Å². The van der Waals surface area contributed by atoms with Gasteiger partial charge in [0.25, 0.3) is 0 Å². The van der Waals surface area contributed by atoms with Gasteiger partial charge in [-0.2, -0.15) is 0 Å². The largest absolute Gasteiger partial charge is 0.494 e. The second-order valence-corrected chi connectivity index (χ2v) is 4.53. The summed E-state index contributed by atoms with van der Waals surface area (Å²) in [4.78, 5) is 0. The number of fused-ring (bicyclic) bond motifs is 1. The van der Waals surface area contributed by atoms with Crippen molar-refractivity contribution < 1.29 is 9.26 Å². The Morgan fingerprint density at radius 1 is 1.26 bits per heavy atom. The number of hydrogen-bond donors (Lipinski definition) is 0. The average Bonchev–Trinajstić information content (AvgIpc) is 2.97. The Balaban J connectivity index is 1.92. The minimum atomic E-state index is 0.684. The number of benzene rings is 1. The van der Waals surface area contributed by atoms with E-state index in [9.17, 15) is 0 Å². The molecule has 0 radical (unpaired) electrons. The lowest BCUT2D eigenvalue weighted by molar-refractivity contribution is 0.340. The van der Waals surface area contributed by atoms with Crippen LogP contribution in [-0.2, 0) is 6.54 Å². The zero-order valence-corrected chi connectivity index (χ0v) is 11.1. The molecular weight excluding hydrogens is 240 g/mol. The van der Waals surface area contributed by atoms with Crippen molar-refractivity contribution in [1.29, 1.82) is 0 Å². The summed E-state index contributed by atoms with van der Waals surface area (Å²) in [5.41, 5.74) is 2.07. The number of aromatic nitrogens is 2. The van der Waals surface area contributed by atoms with Crippen molar-refractivity contribution in [1.82, 2.24) is 9.72 Å². The lowest BCUT2D eigenvalue weighted by Crippen LogP contribution is -1.96. The molecule has 0 aliphatic rings. The van der Waals surface area contributed by atoms with Crippen molar-refractivity contribution in [2.45, 2.75) is 20.4 Å². The first-order chi connectivity index (χ1) is 9.26. The molecule has 0 fully saturated rings. The van der Waals surface area contributed by atoms with Crippen molar-refractivity contribution in [2.75, 3.05) is 6.61 Å². The van der Waals surface area contributed by atoms with Crippen molar-refractivity contribution in [3.8, 4) is 5.75 Å². The minimum absolute atomic E-state index is 0.684. The molecule has 0 amide bonds. The molecule has 0 saturated carbocycles. The smallest absolute Gasteiger partial charge is 0.156 e. The molecule has 1 aromatic carbocycles. The summed E-state index contributed by atoms with van der Waals surface area (Å²) in [6.45, 7) is 5.29. The quantitative estimate of drug-likeness (QED) is 0.718. The van der Waals surface area contributed by atoms with E-state index in [1.54, 1.807) is 0 Å². The summed E-state index contributed by atoms with van der Waals surface area (Å²) in [5, 5.41) is 5.08. The zero-order valence-electron chi connectivity index (χ0n) is 11.1. The zero-order chi connectivity index (χ0) is 13.2. The van der Waals surface area contributed by atoms with Gasteiger partial charge in [0.05, 0.1) is 18.8 Å². The first-order valence-electron chi connectivity index (χ1n) is 6.40. The highest BCUT2D eigenvalue weighted by molar-refractivity contribution is 5.81. The molecule has 3 rings (SSSR count). The normalized spacial score (nSPS) is 11.1. The Hall–Kier alpha value is -2.23. The lowest BCUT2D eigenvalue weighted by Gasteiger charge is -2.05. The van der Waals surface area contributed by atoms with E-state index in [1.807, 2.05) is 26.0 Å². The fourth-order valence-electron chi connectivity index (χ4n) is 2.23. The molecule has 0 saturated heterocycles. The Bertz CT molecular complexity index is 697. The van der Waals surface area contributed by atoms with Gasteiger partial charge in [-0.05, 0) is 38.1 Å². The van der Waals surface area contributed by atoms with Crippen LogP contribution in [0.2, 0.25) is 0 Å². The summed E-state index contributed by atoms with van der Waals surface area (Å²) in [5.74, 6) is 1.77. The third kappa shape index (κ3) is 2.34. The molecule has 0 unspecified atom stereocenters. The predicted molar refractivity (Wildman–Crippen MR) is 73.4 cm³/mol. The van der Waals surface area contributed by atoms with Gasteiger partial charge in [0.15, 0.2) is 5.76 Å². The van der Waals surface area contributed by atoms with Crippen LogP contribution in [0.1, 0.15) is 18.4 Å². The second-order valence-electron chi connectivity index (χ2n) is 4.53. The summed E-state index contributed by atoms with van der Waals surface area (Å²) in [6.07, 6.45) is 2.05. The summed E-state index contributed by atoms with van der Waals surface area (Å²) < 4.78 is 12.9. The van der Waals surface area contributed by atoms with Gasteiger partial charge in [-0.25, -0.2) is 0 Å². The lowest BCUT2D eigenvalue weighted by atomic mass is 10.2. The van der Waals surface area contributed by atoms with Gasteiger partial charge in [0.1, 0.15) is 5.75 Å². The molecule has 3 aromatic rings. The van der Waals surface area contributed by atoms with Crippen LogP contribution in [0.25, 0.3) is 10.9 Å². The van der Waals surface area contributed by atoms with Crippen LogP contribution < -0.4 is 4.74 Å². The molecule has 98 valence electrons. The molecule has 0 aliphatic carbocycles. The Kier molecular flexibility index (Phi) is 2.99. The van der Waals surface area contributed by atoms with E-state index in [0.717, 1.165) is 22.7 Å². The van der Waals surface area contributed by atoms with Gasteiger partial charge < -0.3 is 13.8 Å². The van der Waals surface area contributed by atoms with E-state index in [0.29, 0.717) is 13.2 Å². The molecule has 2 aromatic heterocycles. The number of nitrogens with zero attached hydrogens (tertiary/aromatic N) is 2. The molecule has 0 atom stereocenters. The van der Waals surface area contributed by atoms with Gasteiger partial charge in [-0.15, -0.1) is 0 Å². The van der Waals surface area contributed by atoms with Crippen LogP contribution in [0, 0.1) is 6.92 Å². The molecule has 0 spiro atoms. The number of ether oxygens (including phenoxy) is 1. The van der Waals surface area contributed by atoms with Crippen LogP contribution in [0.4, 0.5) is 0 Å². The fraction of sp³-hybridized carbons (Fsp3) is 0.267. The van der Waals surface area contributed by atoms with E-state index in [1.165, 1.54) is 5.39 Å². The van der Waals surface area contributed by atoms with Crippen LogP contribution in [0.3, 0.4) is 0 Å². The SMILES string of the molecule is CCOc1ccc2c(ccn2Cc2cc(C)no2)c1. The standard InChI is InChI=1S/C15H16N2O2/c1-3-18-13-4-5-15-12(9-13)6-7-17(15)10-14-8-11(2)16-19-14/h4-9H,3,10H2,1-2H3. The predicted octanol–water partition coefficient (Wildman–Crippen LogP) is 3.38. The van der Waals surface area contributed by atoms with Gasteiger partial charge >= 0.3 is 0 Å². The van der Waals surface area contributed by atoms with Gasteiger partial charge in [0.2, 0.25) is 0 Å². The van der Waals surface area contributed by atoms with E-state index < -0.39 is 0 Å². The van der Waals surface area contributed by atoms with Crippen LogP contribution in [-0.4, -0.2) is 16.3 Å². The Labute approximate surface area is 111 Å². The van der Waals surface area contributed by atoms with Crippen LogP contribution in [0.15, 0.2) is 41.1 Å². The fourth-order valence-corrected chi connectivity index (χ4v) is 2.23. The molecule has 0 bridgehead atoms. The molecule has 19 heavy (non-hydrogen) atoms. The number of hydrogen-bond acceptors (Lipinski definition) is 3. The van der Waals surface area contributed by atoms with Crippen molar-refractivity contribution in [3.63, 3.8) is 0 Å². The molecule has 4 nitrogen and oxygen atoms in total. The highest BCUT2D eigenvalue weighted by Crippen LogP contribution is 2.23. The van der Waals surface area contributed by atoms with Crippen molar-refractivity contribution in [3.05, 3.63) is 48.0 Å². The van der Waals surface area contributed by atoms with E-state index >= 15 is 0 Å². The van der Waals surface area contributed by atoms with Gasteiger partial charge in [0, 0.05) is 23.2 Å². The third-order valence-electron chi connectivity index (χ3n) is 3.06. The topological polar surface area (TPSA) is 40.2 Å². The number of rotatable bonds is 4. The average molecular weight is 256 g/mol. The molecular formula is C15H16N2O2. The minimum Gasteiger partial charge on any atom is -0.494 e. The second kappa shape index (κ2) is 4.80. The first kappa shape index (κ1) is 11.8. The monoisotopic (exact) mass is 256 g/mol. The van der Waals surface area contributed by atoms with E-state index in [-0.39, 0.29) is 0 Å².